The molecule has 0 spiro atoms. The summed E-state index contributed by atoms with van der Waals surface area (Å²) < 4.78 is 0. The van der Waals surface area contributed by atoms with Crippen LogP contribution in [-0.4, -0.2) is 4.98 Å². The van der Waals surface area contributed by atoms with Crippen LogP contribution in [0.3, 0.4) is 0 Å². The lowest BCUT2D eigenvalue weighted by atomic mass is 9.94. The maximum atomic E-state index is 6.59. The molecule has 0 fully saturated rings. The molecular formula is C20H20ClN. The Hall–Kier alpha value is -1.86. The zero-order chi connectivity index (χ0) is 15.9. The first-order valence-electron chi connectivity index (χ1n) is 7.63. The SMILES string of the molecule is Cc1cccc(C)c1-c1cc2ncc(C(C)C)cc2cc1Cl. The van der Waals surface area contributed by atoms with Gasteiger partial charge >= 0.3 is 0 Å². The average Bonchev–Trinajstić information content (AvgIpc) is 2.46. The third kappa shape index (κ3) is 2.62. The highest BCUT2D eigenvalue weighted by atomic mass is 35.5. The largest absolute Gasteiger partial charge is 0.256 e. The molecule has 22 heavy (non-hydrogen) atoms. The molecule has 0 saturated carbocycles. The van der Waals surface area contributed by atoms with Crippen LogP contribution in [0.15, 0.2) is 42.6 Å². The normalized spacial score (nSPS) is 11.4. The van der Waals surface area contributed by atoms with Crippen LogP contribution in [-0.2, 0) is 0 Å². The van der Waals surface area contributed by atoms with E-state index in [1.807, 2.05) is 12.3 Å². The van der Waals surface area contributed by atoms with Gasteiger partial charge in [-0.05, 0) is 60.2 Å². The third-order valence-corrected chi connectivity index (χ3v) is 4.52. The van der Waals surface area contributed by atoms with E-state index in [0.717, 1.165) is 21.5 Å². The zero-order valence-corrected chi connectivity index (χ0v) is 14.2. The van der Waals surface area contributed by atoms with E-state index >= 15 is 0 Å². The first-order valence-corrected chi connectivity index (χ1v) is 8.01. The predicted molar refractivity (Wildman–Crippen MR) is 95.8 cm³/mol. The Balaban J connectivity index is 2.24. The minimum Gasteiger partial charge on any atom is -0.256 e. The predicted octanol–water partition coefficient (Wildman–Crippen LogP) is 6.30. The molecule has 2 aromatic carbocycles. The molecule has 0 atom stereocenters. The first-order chi connectivity index (χ1) is 10.5. The Labute approximate surface area is 137 Å². The molecule has 0 aliphatic carbocycles. The number of aromatic nitrogens is 1. The lowest BCUT2D eigenvalue weighted by Gasteiger charge is -2.13. The van der Waals surface area contributed by atoms with Crippen molar-refractivity contribution in [3.05, 3.63) is 64.3 Å². The summed E-state index contributed by atoms with van der Waals surface area (Å²) in [4.78, 5) is 4.63. The number of hydrogen-bond donors (Lipinski definition) is 0. The average molecular weight is 310 g/mol. The molecule has 0 N–H and O–H groups in total. The summed E-state index contributed by atoms with van der Waals surface area (Å²) >= 11 is 6.59. The van der Waals surface area contributed by atoms with Crippen molar-refractivity contribution in [3.8, 4) is 11.1 Å². The van der Waals surface area contributed by atoms with E-state index in [-0.39, 0.29) is 0 Å². The smallest absolute Gasteiger partial charge is 0.0709 e. The highest BCUT2D eigenvalue weighted by Crippen LogP contribution is 2.36. The van der Waals surface area contributed by atoms with Crippen LogP contribution in [0.25, 0.3) is 22.0 Å². The van der Waals surface area contributed by atoms with Crippen molar-refractivity contribution in [1.82, 2.24) is 4.98 Å². The Morgan fingerprint density at radius 3 is 2.32 bits per heavy atom. The number of nitrogens with zero attached hydrogens (tertiary/aromatic N) is 1. The second-order valence-corrected chi connectivity index (χ2v) is 6.62. The molecule has 1 nitrogen and oxygen atoms in total. The summed E-state index contributed by atoms with van der Waals surface area (Å²) in [6.07, 6.45) is 1.97. The topological polar surface area (TPSA) is 12.9 Å². The maximum Gasteiger partial charge on any atom is 0.0709 e. The van der Waals surface area contributed by atoms with Gasteiger partial charge in [0.1, 0.15) is 0 Å². The van der Waals surface area contributed by atoms with Crippen molar-refractivity contribution in [2.75, 3.05) is 0 Å². The highest BCUT2D eigenvalue weighted by Gasteiger charge is 2.12. The van der Waals surface area contributed by atoms with Crippen molar-refractivity contribution in [1.29, 1.82) is 0 Å². The fraction of sp³-hybridized carbons (Fsp3) is 0.250. The molecule has 0 aliphatic heterocycles. The van der Waals surface area contributed by atoms with E-state index in [0.29, 0.717) is 5.92 Å². The van der Waals surface area contributed by atoms with Gasteiger partial charge in [-0.2, -0.15) is 0 Å². The molecule has 2 heteroatoms. The van der Waals surface area contributed by atoms with Gasteiger partial charge in [0, 0.05) is 22.2 Å². The monoisotopic (exact) mass is 309 g/mol. The van der Waals surface area contributed by atoms with Gasteiger partial charge in [0.2, 0.25) is 0 Å². The molecule has 1 heterocycles. The number of rotatable bonds is 2. The lowest BCUT2D eigenvalue weighted by Crippen LogP contribution is -1.92. The molecule has 3 aromatic rings. The van der Waals surface area contributed by atoms with E-state index in [9.17, 15) is 0 Å². The Bertz CT molecular complexity index is 829. The van der Waals surface area contributed by atoms with Crippen molar-refractivity contribution in [2.45, 2.75) is 33.6 Å². The molecule has 0 amide bonds. The molecule has 0 radical (unpaired) electrons. The van der Waals surface area contributed by atoms with Gasteiger partial charge in [-0.25, -0.2) is 0 Å². The van der Waals surface area contributed by atoms with Crippen molar-refractivity contribution < 1.29 is 0 Å². The van der Waals surface area contributed by atoms with Crippen LogP contribution in [0.5, 0.6) is 0 Å². The van der Waals surface area contributed by atoms with Crippen LogP contribution >= 0.6 is 11.6 Å². The van der Waals surface area contributed by atoms with Crippen molar-refractivity contribution in [2.24, 2.45) is 0 Å². The fourth-order valence-electron chi connectivity index (χ4n) is 2.91. The molecule has 112 valence electrons. The summed E-state index contributed by atoms with van der Waals surface area (Å²) in [6.45, 7) is 8.60. The van der Waals surface area contributed by atoms with E-state index in [2.05, 4.69) is 63.0 Å². The second kappa shape index (κ2) is 5.73. The van der Waals surface area contributed by atoms with Crippen LogP contribution in [0.4, 0.5) is 0 Å². The van der Waals surface area contributed by atoms with Gasteiger partial charge in [-0.3, -0.25) is 4.98 Å². The number of pyridine rings is 1. The summed E-state index contributed by atoms with van der Waals surface area (Å²) in [5.41, 5.74) is 6.98. The van der Waals surface area contributed by atoms with Gasteiger partial charge in [0.15, 0.2) is 0 Å². The summed E-state index contributed by atoms with van der Waals surface area (Å²) in [5.74, 6) is 0.467. The molecular weight excluding hydrogens is 290 g/mol. The van der Waals surface area contributed by atoms with Crippen molar-refractivity contribution >= 4 is 22.5 Å². The minimum absolute atomic E-state index is 0.467. The van der Waals surface area contributed by atoms with Crippen LogP contribution in [0, 0.1) is 13.8 Å². The van der Waals surface area contributed by atoms with Crippen LogP contribution in [0.2, 0.25) is 5.02 Å². The van der Waals surface area contributed by atoms with Gasteiger partial charge in [-0.15, -0.1) is 0 Å². The molecule has 0 saturated heterocycles. The fourth-order valence-corrected chi connectivity index (χ4v) is 3.18. The lowest BCUT2D eigenvalue weighted by molar-refractivity contribution is 0.862. The molecule has 0 unspecified atom stereocenters. The molecule has 1 aromatic heterocycles. The highest BCUT2D eigenvalue weighted by molar-refractivity contribution is 6.34. The van der Waals surface area contributed by atoms with E-state index in [1.54, 1.807) is 0 Å². The minimum atomic E-state index is 0.467. The van der Waals surface area contributed by atoms with E-state index < -0.39 is 0 Å². The zero-order valence-electron chi connectivity index (χ0n) is 13.4. The standard InChI is InChI=1S/C20H20ClN/c1-12(2)16-8-15-9-18(21)17(10-19(15)22-11-16)20-13(3)6-5-7-14(20)4/h5-12H,1-4H3. The summed E-state index contributed by atoms with van der Waals surface area (Å²) in [7, 11) is 0. The maximum absolute atomic E-state index is 6.59. The number of fused-ring (bicyclic) bond motifs is 1. The molecule has 3 rings (SSSR count). The Morgan fingerprint density at radius 1 is 1.00 bits per heavy atom. The van der Waals surface area contributed by atoms with Gasteiger partial charge < -0.3 is 0 Å². The Kier molecular flexibility index (Phi) is 3.92. The number of halogens is 1. The second-order valence-electron chi connectivity index (χ2n) is 6.21. The third-order valence-electron chi connectivity index (χ3n) is 4.21. The Morgan fingerprint density at radius 2 is 1.68 bits per heavy atom. The van der Waals surface area contributed by atoms with Crippen LogP contribution in [0.1, 0.15) is 36.5 Å². The quantitative estimate of drug-likeness (QED) is 0.541. The van der Waals surface area contributed by atoms with Crippen molar-refractivity contribution in [3.63, 3.8) is 0 Å². The van der Waals surface area contributed by atoms with Crippen LogP contribution < -0.4 is 0 Å². The number of hydrogen-bond acceptors (Lipinski definition) is 1. The number of aryl methyl sites for hydroxylation is 2. The first kappa shape index (κ1) is 15.1. The van der Waals surface area contributed by atoms with Gasteiger partial charge in [0.05, 0.1) is 5.52 Å². The van der Waals surface area contributed by atoms with E-state index in [4.69, 9.17) is 11.6 Å². The van der Waals surface area contributed by atoms with E-state index in [1.165, 1.54) is 22.3 Å². The molecule has 0 aliphatic rings. The summed E-state index contributed by atoms with van der Waals surface area (Å²) in [5, 5.41) is 1.89. The number of benzene rings is 2. The molecule has 0 bridgehead atoms. The van der Waals surface area contributed by atoms with Gasteiger partial charge in [-0.1, -0.05) is 43.6 Å². The van der Waals surface area contributed by atoms with Gasteiger partial charge in [0.25, 0.3) is 0 Å². The summed E-state index contributed by atoms with van der Waals surface area (Å²) in [6, 6.07) is 12.7.